The van der Waals surface area contributed by atoms with E-state index < -0.39 is 0 Å². The Morgan fingerprint density at radius 1 is 0.955 bits per heavy atom. The smallest absolute Gasteiger partial charge is 0.306 e. The molecule has 2 fully saturated rings. The monoisotopic (exact) mass is 309 g/mol. The summed E-state index contributed by atoms with van der Waals surface area (Å²) >= 11 is 0. The molecule has 0 bridgehead atoms. The number of nitrogens with one attached hydrogen (secondary N) is 1. The topological polar surface area (TPSA) is 55.4 Å². The maximum atomic E-state index is 11.9. The molecule has 0 saturated heterocycles. The van der Waals surface area contributed by atoms with Crippen LogP contribution in [0.25, 0.3) is 0 Å². The number of carbonyl (C=O) groups excluding carboxylic acids is 2. The van der Waals surface area contributed by atoms with Gasteiger partial charge >= 0.3 is 5.97 Å². The van der Waals surface area contributed by atoms with Gasteiger partial charge in [0.15, 0.2) is 0 Å². The number of amides is 1. The summed E-state index contributed by atoms with van der Waals surface area (Å²) in [5, 5.41) is 3.04. The van der Waals surface area contributed by atoms with Crippen molar-refractivity contribution in [3.05, 3.63) is 0 Å². The highest BCUT2D eigenvalue weighted by molar-refractivity contribution is 5.81. The Labute approximate surface area is 134 Å². The van der Waals surface area contributed by atoms with E-state index in [0.29, 0.717) is 12.0 Å². The van der Waals surface area contributed by atoms with Crippen LogP contribution in [0.4, 0.5) is 0 Å². The van der Waals surface area contributed by atoms with Crippen LogP contribution in [0.2, 0.25) is 0 Å². The van der Waals surface area contributed by atoms with Gasteiger partial charge in [-0.15, -0.1) is 0 Å². The summed E-state index contributed by atoms with van der Waals surface area (Å²) in [5.74, 6) is 1.11. The van der Waals surface area contributed by atoms with Gasteiger partial charge in [0.1, 0.15) is 6.10 Å². The van der Waals surface area contributed by atoms with Gasteiger partial charge in [-0.05, 0) is 43.9 Å². The van der Waals surface area contributed by atoms with Crippen LogP contribution in [0, 0.1) is 11.8 Å². The van der Waals surface area contributed by atoms with E-state index in [1.54, 1.807) is 0 Å². The van der Waals surface area contributed by atoms with Crippen molar-refractivity contribution < 1.29 is 14.3 Å². The normalized spacial score (nSPS) is 29.8. The number of hydrogen-bond acceptors (Lipinski definition) is 3. The third-order valence-corrected chi connectivity index (χ3v) is 5.37. The van der Waals surface area contributed by atoms with E-state index >= 15 is 0 Å². The van der Waals surface area contributed by atoms with Crippen LogP contribution in [0.15, 0.2) is 0 Å². The van der Waals surface area contributed by atoms with Crippen molar-refractivity contribution >= 4 is 11.9 Å². The minimum atomic E-state index is -0.217. The molecule has 126 valence electrons. The Morgan fingerprint density at radius 2 is 1.68 bits per heavy atom. The molecule has 0 heterocycles. The van der Waals surface area contributed by atoms with Crippen LogP contribution in [0.3, 0.4) is 0 Å². The van der Waals surface area contributed by atoms with Gasteiger partial charge in [0.2, 0.25) is 5.91 Å². The van der Waals surface area contributed by atoms with Crippen molar-refractivity contribution in [1.29, 1.82) is 0 Å². The largest absolute Gasteiger partial charge is 0.462 e. The van der Waals surface area contributed by atoms with Crippen LogP contribution in [-0.4, -0.2) is 24.0 Å². The fourth-order valence-electron chi connectivity index (χ4n) is 3.61. The molecule has 0 aromatic heterocycles. The van der Waals surface area contributed by atoms with Crippen LogP contribution in [0.1, 0.15) is 78.1 Å². The van der Waals surface area contributed by atoms with E-state index in [9.17, 15) is 9.59 Å². The summed E-state index contributed by atoms with van der Waals surface area (Å²) in [4.78, 5) is 23.8. The van der Waals surface area contributed by atoms with Crippen LogP contribution < -0.4 is 5.32 Å². The van der Waals surface area contributed by atoms with Gasteiger partial charge in [0, 0.05) is 12.5 Å². The highest BCUT2D eigenvalue weighted by Gasteiger charge is 2.27. The third-order valence-electron chi connectivity index (χ3n) is 5.37. The lowest BCUT2D eigenvalue weighted by atomic mass is 9.80. The average molecular weight is 309 g/mol. The molecule has 22 heavy (non-hydrogen) atoms. The standard InChI is InChI=1S/C18H31NO3/c1-13-8-9-16(12-14(13)2)22-18(21)11-10-17(20)19-15-6-4-3-5-7-15/h13-16H,3-12H2,1-2H3,(H,19,20). The van der Waals surface area contributed by atoms with Crippen LogP contribution >= 0.6 is 0 Å². The van der Waals surface area contributed by atoms with Crippen molar-refractivity contribution in [3.63, 3.8) is 0 Å². The van der Waals surface area contributed by atoms with Gasteiger partial charge in [-0.2, -0.15) is 0 Å². The minimum Gasteiger partial charge on any atom is -0.462 e. The van der Waals surface area contributed by atoms with E-state index in [1.807, 2.05) is 0 Å². The van der Waals surface area contributed by atoms with Crippen molar-refractivity contribution in [2.45, 2.75) is 90.2 Å². The molecule has 0 aliphatic heterocycles. The SMILES string of the molecule is CC1CCC(OC(=O)CCC(=O)NC2CCCCC2)CC1C. The first-order chi connectivity index (χ1) is 10.5. The van der Waals surface area contributed by atoms with Gasteiger partial charge in [-0.25, -0.2) is 0 Å². The van der Waals surface area contributed by atoms with Gasteiger partial charge in [-0.1, -0.05) is 33.1 Å². The summed E-state index contributed by atoms with van der Waals surface area (Å²) in [6.45, 7) is 4.49. The summed E-state index contributed by atoms with van der Waals surface area (Å²) in [7, 11) is 0. The Bertz CT molecular complexity index is 377. The number of ether oxygens (including phenoxy) is 1. The molecule has 0 aromatic carbocycles. The van der Waals surface area contributed by atoms with Crippen molar-refractivity contribution in [3.8, 4) is 0 Å². The molecule has 2 aliphatic rings. The predicted octanol–water partition coefficient (Wildman–Crippen LogP) is 3.58. The maximum absolute atomic E-state index is 11.9. The first kappa shape index (κ1) is 17.3. The van der Waals surface area contributed by atoms with E-state index in [2.05, 4.69) is 19.2 Å². The summed E-state index contributed by atoms with van der Waals surface area (Å²) < 4.78 is 5.53. The first-order valence-electron chi connectivity index (χ1n) is 9.03. The molecule has 4 nitrogen and oxygen atoms in total. The first-order valence-corrected chi connectivity index (χ1v) is 9.03. The molecule has 1 N–H and O–H groups in total. The molecule has 1 amide bonds. The molecule has 2 rings (SSSR count). The number of esters is 1. The summed E-state index contributed by atoms with van der Waals surface area (Å²) in [6.07, 6.45) is 9.40. The molecule has 2 aliphatic carbocycles. The van der Waals surface area contributed by atoms with E-state index in [4.69, 9.17) is 4.74 Å². The second-order valence-electron chi connectivity index (χ2n) is 7.28. The number of carbonyl (C=O) groups is 2. The predicted molar refractivity (Wildman–Crippen MR) is 86.3 cm³/mol. The molecule has 2 saturated carbocycles. The lowest BCUT2D eigenvalue weighted by Gasteiger charge is -2.31. The molecule has 3 unspecified atom stereocenters. The van der Waals surface area contributed by atoms with Crippen LogP contribution in [0.5, 0.6) is 0 Å². The summed E-state index contributed by atoms with van der Waals surface area (Å²) in [6, 6.07) is 0.318. The lowest BCUT2D eigenvalue weighted by Crippen LogP contribution is -2.36. The summed E-state index contributed by atoms with van der Waals surface area (Å²) in [5.41, 5.74) is 0. The van der Waals surface area contributed by atoms with E-state index in [0.717, 1.165) is 38.0 Å². The molecule has 4 heteroatoms. The molecule has 0 aromatic rings. The Kier molecular flexibility index (Phi) is 6.71. The molecule has 0 radical (unpaired) electrons. The second-order valence-corrected chi connectivity index (χ2v) is 7.28. The minimum absolute atomic E-state index is 0.00511. The van der Waals surface area contributed by atoms with Crippen molar-refractivity contribution in [2.24, 2.45) is 11.8 Å². The highest BCUT2D eigenvalue weighted by Crippen LogP contribution is 2.31. The molecule has 3 atom stereocenters. The maximum Gasteiger partial charge on any atom is 0.306 e. The molecular formula is C18H31NO3. The average Bonchev–Trinajstić information content (AvgIpc) is 2.50. The second kappa shape index (κ2) is 8.54. The number of rotatable bonds is 5. The van der Waals surface area contributed by atoms with Gasteiger partial charge in [-0.3, -0.25) is 9.59 Å². The third kappa shape index (κ3) is 5.62. The highest BCUT2D eigenvalue weighted by atomic mass is 16.5. The van der Waals surface area contributed by atoms with E-state index in [1.165, 1.54) is 19.3 Å². The van der Waals surface area contributed by atoms with Crippen molar-refractivity contribution in [1.82, 2.24) is 5.32 Å². The fourth-order valence-corrected chi connectivity index (χ4v) is 3.61. The lowest BCUT2D eigenvalue weighted by molar-refractivity contribution is -0.152. The van der Waals surface area contributed by atoms with Gasteiger partial charge in [0.05, 0.1) is 6.42 Å². The Morgan fingerprint density at radius 3 is 2.36 bits per heavy atom. The van der Waals surface area contributed by atoms with Crippen LogP contribution in [-0.2, 0) is 14.3 Å². The number of hydrogen-bond donors (Lipinski definition) is 1. The zero-order chi connectivity index (χ0) is 15.9. The quantitative estimate of drug-likeness (QED) is 0.790. The fraction of sp³-hybridized carbons (Fsp3) is 0.889. The zero-order valence-electron chi connectivity index (χ0n) is 14.1. The van der Waals surface area contributed by atoms with E-state index in [-0.39, 0.29) is 30.8 Å². The molecule has 0 spiro atoms. The molecular weight excluding hydrogens is 278 g/mol. The van der Waals surface area contributed by atoms with Gasteiger partial charge < -0.3 is 10.1 Å². The zero-order valence-corrected chi connectivity index (χ0v) is 14.1. The Balaban J connectivity index is 1.61. The Hall–Kier alpha value is -1.06. The van der Waals surface area contributed by atoms with Crippen molar-refractivity contribution in [2.75, 3.05) is 0 Å². The van der Waals surface area contributed by atoms with Gasteiger partial charge in [0.25, 0.3) is 0 Å².